The SMILES string of the molecule is Oc1c(I)cc(I)cc1C=N[C@@H](c1ccccc1)[C@H](O)c1ccccc1. The minimum absolute atomic E-state index is 0.204. The average molecular weight is 569 g/mol. The highest BCUT2D eigenvalue weighted by Gasteiger charge is 2.21. The van der Waals surface area contributed by atoms with Gasteiger partial charge >= 0.3 is 0 Å². The molecule has 0 aliphatic rings. The van der Waals surface area contributed by atoms with E-state index >= 15 is 0 Å². The van der Waals surface area contributed by atoms with Crippen LogP contribution in [0, 0.1) is 7.14 Å². The van der Waals surface area contributed by atoms with Gasteiger partial charge in [0, 0.05) is 15.3 Å². The summed E-state index contributed by atoms with van der Waals surface area (Å²) in [5.74, 6) is 0.204. The van der Waals surface area contributed by atoms with Crippen LogP contribution in [0.25, 0.3) is 0 Å². The van der Waals surface area contributed by atoms with E-state index < -0.39 is 12.1 Å². The Kier molecular flexibility index (Phi) is 6.66. The van der Waals surface area contributed by atoms with E-state index in [0.29, 0.717) is 5.56 Å². The minimum atomic E-state index is -0.779. The summed E-state index contributed by atoms with van der Waals surface area (Å²) in [5.41, 5.74) is 2.36. The lowest BCUT2D eigenvalue weighted by molar-refractivity contribution is 0.148. The normalized spacial score (nSPS) is 13.7. The Morgan fingerprint density at radius 1 is 0.846 bits per heavy atom. The maximum atomic E-state index is 10.9. The predicted molar refractivity (Wildman–Crippen MR) is 122 cm³/mol. The van der Waals surface area contributed by atoms with E-state index in [0.717, 1.165) is 18.3 Å². The van der Waals surface area contributed by atoms with E-state index in [1.165, 1.54) is 0 Å². The fourth-order valence-electron chi connectivity index (χ4n) is 2.68. The number of benzene rings is 3. The highest BCUT2D eigenvalue weighted by atomic mass is 127. The van der Waals surface area contributed by atoms with Crippen molar-refractivity contribution in [2.75, 3.05) is 0 Å². The van der Waals surface area contributed by atoms with Crippen LogP contribution in [0.1, 0.15) is 28.8 Å². The van der Waals surface area contributed by atoms with Gasteiger partial charge in [-0.3, -0.25) is 4.99 Å². The van der Waals surface area contributed by atoms with E-state index in [1.54, 1.807) is 6.21 Å². The molecule has 0 amide bonds. The van der Waals surface area contributed by atoms with E-state index in [2.05, 4.69) is 50.2 Å². The standard InChI is InChI=1S/C21H17I2NO2/c22-17-11-16(20(25)18(23)12-17)13-24-19(14-7-3-1-4-8-14)21(26)15-9-5-2-6-10-15/h1-13,19,21,25-26H/t19-,21+/m0/s1. The topological polar surface area (TPSA) is 52.8 Å². The molecule has 0 saturated carbocycles. The Morgan fingerprint density at radius 2 is 1.42 bits per heavy atom. The Labute approximate surface area is 180 Å². The molecule has 0 spiro atoms. The summed E-state index contributed by atoms with van der Waals surface area (Å²) in [6, 6.07) is 22.5. The molecule has 0 unspecified atom stereocenters. The number of nitrogens with zero attached hydrogens (tertiary/aromatic N) is 1. The number of aliphatic hydroxyl groups excluding tert-OH is 1. The summed E-state index contributed by atoms with van der Waals surface area (Å²) in [6.07, 6.45) is 0.864. The first-order chi connectivity index (χ1) is 12.6. The van der Waals surface area contributed by atoms with Gasteiger partial charge in [-0.1, -0.05) is 60.7 Å². The van der Waals surface area contributed by atoms with E-state index in [-0.39, 0.29) is 5.75 Å². The molecular formula is C21H17I2NO2. The second-order valence-electron chi connectivity index (χ2n) is 5.81. The van der Waals surface area contributed by atoms with Crippen LogP contribution in [0.2, 0.25) is 0 Å². The molecule has 0 aromatic heterocycles. The first kappa shape index (κ1) is 19.3. The summed E-state index contributed by atoms with van der Waals surface area (Å²) in [4.78, 5) is 4.64. The summed E-state index contributed by atoms with van der Waals surface area (Å²) in [5, 5.41) is 21.2. The van der Waals surface area contributed by atoms with Gasteiger partial charge in [0.15, 0.2) is 0 Å². The lowest BCUT2D eigenvalue weighted by atomic mass is 9.96. The van der Waals surface area contributed by atoms with Gasteiger partial charge in [-0.25, -0.2) is 0 Å². The van der Waals surface area contributed by atoms with Crippen molar-refractivity contribution in [1.29, 1.82) is 0 Å². The van der Waals surface area contributed by atoms with Crippen LogP contribution < -0.4 is 0 Å². The number of phenolic OH excluding ortho intramolecular Hbond substituents is 1. The predicted octanol–water partition coefficient (Wildman–Crippen LogP) is 5.50. The first-order valence-corrected chi connectivity index (χ1v) is 10.2. The van der Waals surface area contributed by atoms with Crippen molar-refractivity contribution in [1.82, 2.24) is 0 Å². The Balaban J connectivity index is 1.99. The molecule has 5 heteroatoms. The summed E-state index contributed by atoms with van der Waals surface area (Å²) < 4.78 is 1.79. The highest BCUT2D eigenvalue weighted by molar-refractivity contribution is 14.1. The third-order valence-corrected chi connectivity index (χ3v) is 5.46. The van der Waals surface area contributed by atoms with Gasteiger partial charge in [0.1, 0.15) is 17.9 Å². The summed E-state index contributed by atoms with van der Waals surface area (Å²) >= 11 is 4.31. The van der Waals surface area contributed by atoms with Crippen LogP contribution in [0.4, 0.5) is 0 Å². The zero-order valence-electron chi connectivity index (χ0n) is 13.8. The molecule has 2 N–H and O–H groups in total. The van der Waals surface area contributed by atoms with Crippen molar-refractivity contribution in [3.05, 3.63) is 96.6 Å². The highest BCUT2D eigenvalue weighted by Crippen LogP contribution is 2.33. The number of aliphatic imine (C=N–C) groups is 1. The third kappa shape index (κ3) is 4.63. The van der Waals surface area contributed by atoms with Crippen LogP contribution in [0.3, 0.4) is 0 Å². The van der Waals surface area contributed by atoms with Crippen molar-refractivity contribution < 1.29 is 10.2 Å². The quantitative estimate of drug-likeness (QED) is 0.316. The van der Waals surface area contributed by atoms with Gasteiger partial charge in [-0.2, -0.15) is 0 Å². The van der Waals surface area contributed by atoms with Gasteiger partial charge in [0.05, 0.1) is 3.57 Å². The third-order valence-electron chi connectivity index (χ3n) is 4.01. The molecule has 0 fully saturated rings. The van der Waals surface area contributed by atoms with Gasteiger partial charge < -0.3 is 10.2 Å². The fourth-order valence-corrected chi connectivity index (χ4v) is 4.57. The zero-order chi connectivity index (χ0) is 18.5. The molecule has 132 valence electrons. The zero-order valence-corrected chi connectivity index (χ0v) is 18.1. The van der Waals surface area contributed by atoms with Crippen LogP contribution in [-0.2, 0) is 0 Å². The molecule has 0 bridgehead atoms. The molecule has 3 aromatic carbocycles. The Bertz CT molecular complexity index is 899. The number of halogens is 2. The summed E-state index contributed by atoms with van der Waals surface area (Å²) in [7, 11) is 0. The fraction of sp³-hybridized carbons (Fsp3) is 0.0952. The monoisotopic (exact) mass is 569 g/mol. The molecule has 0 radical (unpaired) electrons. The Morgan fingerprint density at radius 3 is 2.04 bits per heavy atom. The van der Waals surface area contributed by atoms with Crippen LogP contribution in [-0.4, -0.2) is 16.4 Å². The number of aromatic hydroxyl groups is 1. The lowest BCUT2D eigenvalue weighted by Crippen LogP contribution is -2.09. The van der Waals surface area contributed by atoms with Gasteiger partial charge in [-0.05, 0) is 68.4 Å². The van der Waals surface area contributed by atoms with Gasteiger partial charge in [0.2, 0.25) is 0 Å². The second-order valence-corrected chi connectivity index (χ2v) is 8.22. The number of hydrogen-bond donors (Lipinski definition) is 2. The van der Waals surface area contributed by atoms with E-state index in [9.17, 15) is 10.2 Å². The maximum absolute atomic E-state index is 10.9. The second kappa shape index (κ2) is 8.96. The minimum Gasteiger partial charge on any atom is -0.506 e. The van der Waals surface area contributed by atoms with E-state index in [4.69, 9.17) is 0 Å². The van der Waals surface area contributed by atoms with Crippen molar-refractivity contribution in [3.8, 4) is 5.75 Å². The lowest BCUT2D eigenvalue weighted by Gasteiger charge is -2.20. The van der Waals surface area contributed by atoms with Crippen LogP contribution in [0.5, 0.6) is 5.75 Å². The molecule has 0 heterocycles. The van der Waals surface area contributed by atoms with Crippen molar-refractivity contribution in [2.24, 2.45) is 4.99 Å². The smallest absolute Gasteiger partial charge is 0.137 e. The number of rotatable bonds is 5. The molecular weight excluding hydrogens is 552 g/mol. The molecule has 3 aromatic rings. The Hall–Kier alpha value is -1.45. The van der Waals surface area contributed by atoms with Crippen LogP contribution >= 0.6 is 45.2 Å². The van der Waals surface area contributed by atoms with Crippen molar-refractivity contribution in [2.45, 2.75) is 12.1 Å². The molecule has 2 atom stereocenters. The maximum Gasteiger partial charge on any atom is 0.137 e. The van der Waals surface area contributed by atoms with Crippen molar-refractivity contribution >= 4 is 51.4 Å². The average Bonchev–Trinajstić information content (AvgIpc) is 2.67. The molecule has 0 aliphatic heterocycles. The summed E-state index contributed by atoms with van der Waals surface area (Å²) in [6.45, 7) is 0. The molecule has 0 saturated heterocycles. The molecule has 3 rings (SSSR count). The van der Waals surface area contributed by atoms with Crippen molar-refractivity contribution in [3.63, 3.8) is 0 Å². The molecule has 3 nitrogen and oxygen atoms in total. The van der Waals surface area contributed by atoms with Gasteiger partial charge in [0.25, 0.3) is 0 Å². The first-order valence-electron chi connectivity index (χ1n) is 8.05. The van der Waals surface area contributed by atoms with E-state index in [1.807, 2.05) is 72.8 Å². The number of hydrogen-bond acceptors (Lipinski definition) is 3. The van der Waals surface area contributed by atoms with Crippen LogP contribution in [0.15, 0.2) is 77.8 Å². The molecule has 26 heavy (non-hydrogen) atoms. The number of aliphatic hydroxyl groups is 1. The molecule has 0 aliphatic carbocycles. The largest absolute Gasteiger partial charge is 0.506 e. The number of phenols is 1. The van der Waals surface area contributed by atoms with Gasteiger partial charge in [-0.15, -0.1) is 0 Å².